The van der Waals surface area contributed by atoms with Gasteiger partial charge in [0.2, 0.25) is 0 Å². The number of aryl methyl sites for hydroxylation is 2. The Morgan fingerprint density at radius 2 is 2.00 bits per heavy atom. The molecule has 0 aromatic heterocycles. The zero-order valence-electron chi connectivity index (χ0n) is 8.84. The van der Waals surface area contributed by atoms with E-state index in [0.717, 1.165) is 0 Å². The summed E-state index contributed by atoms with van der Waals surface area (Å²) in [5.74, 6) is 5.16. The van der Waals surface area contributed by atoms with E-state index in [9.17, 15) is 0 Å². The smallest absolute Gasteiger partial charge is 0.0775 e. The van der Waals surface area contributed by atoms with Crippen LogP contribution in [0.2, 0.25) is 0 Å². The summed E-state index contributed by atoms with van der Waals surface area (Å²) in [5, 5.41) is 0. The van der Waals surface area contributed by atoms with Gasteiger partial charge in [0.15, 0.2) is 0 Å². The Hall–Kier alpha value is -0.860. The monoisotopic (exact) mass is 191 g/mol. The molecule has 0 atom stereocenters. The van der Waals surface area contributed by atoms with Gasteiger partial charge in [0.25, 0.3) is 0 Å². The first-order valence-electron chi connectivity index (χ1n) is 5.07. The van der Waals surface area contributed by atoms with Gasteiger partial charge in [0.05, 0.1) is 6.61 Å². The topological polar surface area (TPSA) is 35.2 Å². The van der Waals surface area contributed by atoms with Crippen LogP contribution >= 0.6 is 0 Å². The molecule has 1 saturated carbocycles. The van der Waals surface area contributed by atoms with Gasteiger partial charge in [-0.15, -0.1) is 0 Å². The van der Waals surface area contributed by atoms with Crippen molar-refractivity contribution < 1.29 is 4.84 Å². The van der Waals surface area contributed by atoms with Crippen LogP contribution in [0, 0.1) is 13.8 Å². The van der Waals surface area contributed by atoms with Crippen molar-refractivity contribution in [1.29, 1.82) is 0 Å². The Morgan fingerprint density at radius 1 is 1.29 bits per heavy atom. The fourth-order valence-electron chi connectivity index (χ4n) is 1.90. The van der Waals surface area contributed by atoms with Crippen molar-refractivity contribution in [2.24, 2.45) is 5.90 Å². The SMILES string of the molecule is Cc1ccc(C2(CON)CC2)cc1C. The zero-order valence-corrected chi connectivity index (χ0v) is 8.84. The van der Waals surface area contributed by atoms with Crippen molar-refractivity contribution in [3.63, 3.8) is 0 Å². The minimum atomic E-state index is 0.229. The highest BCUT2D eigenvalue weighted by Crippen LogP contribution is 2.48. The van der Waals surface area contributed by atoms with E-state index in [0.29, 0.717) is 6.61 Å². The van der Waals surface area contributed by atoms with Gasteiger partial charge in [-0.2, -0.15) is 0 Å². The summed E-state index contributed by atoms with van der Waals surface area (Å²) in [7, 11) is 0. The van der Waals surface area contributed by atoms with Crippen molar-refractivity contribution in [2.75, 3.05) is 6.61 Å². The van der Waals surface area contributed by atoms with Crippen LogP contribution in [0.15, 0.2) is 18.2 Å². The Kier molecular flexibility index (Phi) is 2.33. The summed E-state index contributed by atoms with van der Waals surface area (Å²) in [6, 6.07) is 6.65. The molecule has 0 amide bonds. The summed E-state index contributed by atoms with van der Waals surface area (Å²) in [5.41, 5.74) is 4.31. The summed E-state index contributed by atoms with van der Waals surface area (Å²) in [6.07, 6.45) is 2.40. The van der Waals surface area contributed by atoms with Crippen molar-refractivity contribution in [2.45, 2.75) is 32.1 Å². The van der Waals surface area contributed by atoms with Gasteiger partial charge in [-0.1, -0.05) is 18.2 Å². The second kappa shape index (κ2) is 3.37. The predicted octanol–water partition coefficient (Wildman–Crippen LogP) is 2.23. The average Bonchev–Trinajstić information content (AvgIpc) is 2.91. The summed E-state index contributed by atoms with van der Waals surface area (Å²) in [4.78, 5) is 4.79. The van der Waals surface area contributed by atoms with E-state index >= 15 is 0 Å². The molecule has 14 heavy (non-hydrogen) atoms. The maximum Gasteiger partial charge on any atom is 0.0775 e. The zero-order chi connectivity index (χ0) is 10.2. The van der Waals surface area contributed by atoms with Crippen molar-refractivity contribution in [1.82, 2.24) is 0 Å². The molecule has 1 fully saturated rings. The summed E-state index contributed by atoms with van der Waals surface area (Å²) in [6.45, 7) is 4.94. The number of nitrogens with two attached hydrogens (primary N) is 1. The highest BCUT2D eigenvalue weighted by molar-refractivity contribution is 5.38. The number of hydrogen-bond donors (Lipinski definition) is 1. The third-order valence-electron chi connectivity index (χ3n) is 3.33. The average molecular weight is 191 g/mol. The van der Waals surface area contributed by atoms with Crippen LogP contribution < -0.4 is 5.90 Å². The Labute approximate surface area is 85.0 Å². The lowest BCUT2D eigenvalue weighted by Crippen LogP contribution is -2.18. The van der Waals surface area contributed by atoms with Gasteiger partial charge < -0.3 is 4.84 Å². The van der Waals surface area contributed by atoms with Crippen LogP contribution in [0.3, 0.4) is 0 Å². The third kappa shape index (κ3) is 1.56. The molecular formula is C12H17NO. The molecule has 0 saturated heterocycles. The van der Waals surface area contributed by atoms with Crippen LogP contribution in [-0.4, -0.2) is 6.61 Å². The van der Waals surface area contributed by atoms with E-state index in [1.54, 1.807) is 0 Å². The maximum absolute atomic E-state index is 5.16. The van der Waals surface area contributed by atoms with Crippen LogP contribution in [0.5, 0.6) is 0 Å². The molecular weight excluding hydrogens is 174 g/mol. The second-order valence-electron chi connectivity index (χ2n) is 4.39. The molecule has 2 N–H and O–H groups in total. The third-order valence-corrected chi connectivity index (χ3v) is 3.33. The van der Waals surface area contributed by atoms with Crippen molar-refractivity contribution in [3.05, 3.63) is 34.9 Å². The molecule has 2 heteroatoms. The Morgan fingerprint density at radius 3 is 2.50 bits per heavy atom. The maximum atomic E-state index is 5.16. The largest absolute Gasteiger partial charge is 0.304 e. The van der Waals surface area contributed by atoms with Gasteiger partial charge in [-0.05, 0) is 43.4 Å². The molecule has 0 heterocycles. The second-order valence-corrected chi connectivity index (χ2v) is 4.39. The molecule has 2 rings (SSSR count). The van der Waals surface area contributed by atoms with E-state index in [4.69, 9.17) is 10.7 Å². The van der Waals surface area contributed by atoms with E-state index in [2.05, 4.69) is 32.0 Å². The summed E-state index contributed by atoms with van der Waals surface area (Å²) < 4.78 is 0. The van der Waals surface area contributed by atoms with Crippen LogP contribution in [-0.2, 0) is 10.3 Å². The van der Waals surface area contributed by atoms with Gasteiger partial charge >= 0.3 is 0 Å². The molecule has 0 bridgehead atoms. The van der Waals surface area contributed by atoms with E-state index in [1.807, 2.05) is 0 Å². The normalized spacial score (nSPS) is 18.2. The molecule has 76 valence electrons. The molecule has 0 spiro atoms. The summed E-state index contributed by atoms with van der Waals surface area (Å²) >= 11 is 0. The molecule has 2 nitrogen and oxygen atoms in total. The molecule has 0 radical (unpaired) electrons. The number of hydrogen-bond acceptors (Lipinski definition) is 2. The highest BCUT2D eigenvalue weighted by Gasteiger charge is 2.44. The molecule has 1 aliphatic carbocycles. The predicted molar refractivity (Wildman–Crippen MR) is 57.0 cm³/mol. The van der Waals surface area contributed by atoms with Crippen molar-refractivity contribution in [3.8, 4) is 0 Å². The highest BCUT2D eigenvalue weighted by atomic mass is 16.6. The molecule has 0 aliphatic heterocycles. The Balaban J connectivity index is 2.28. The molecule has 1 aromatic rings. The molecule has 1 aliphatic rings. The van der Waals surface area contributed by atoms with Gasteiger partial charge in [-0.3, -0.25) is 0 Å². The number of benzene rings is 1. The Bertz CT molecular complexity index is 342. The molecule has 1 aromatic carbocycles. The van der Waals surface area contributed by atoms with E-state index in [-0.39, 0.29) is 5.41 Å². The van der Waals surface area contributed by atoms with E-state index < -0.39 is 0 Å². The lowest BCUT2D eigenvalue weighted by molar-refractivity contribution is 0.116. The fraction of sp³-hybridized carbons (Fsp3) is 0.500. The van der Waals surface area contributed by atoms with Crippen molar-refractivity contribution >= 4 is 0 Å². The fourth-order valence-corrected chi connectivity index (χ4v) is 1.90. The quantitative estimate of drug-likeness (QED) is 0.743. The standard InChI is InChI=1S/C12H17NO/c1-9-3-4-11(7-10(9)2)12(5-6-12)8-14-13/h3-4,7H,5-6,8,13H2,1-2H3. The first-order valence-corrected chi connectivity index (χ1v) is 5.07. The van der Waals surface area contributed by atoms with Crippen LogP contribution in [0.4, 0.5) is 0 Å². The molecule has 0 unspecified atom stereocenters. The van der Waals surface area contributed by atoms with Gasteiger partial charge in [-0.25, -0.2) is 5.90 Å². The lowest BCUT2D eigenvalue weighted by Gasteiger charge is -2.15. The first-order chi connectivity index (χ1) is 6.68. The number of rotatable bonds is 3. The van der Waals surface area contributed by atoms with Crippen LogP contribution in [0.1, 0.15) is 29.5 Å². The van der Waals surface area contributed by atoms with Gasteiger partial charge in [0, 0.05) is 5.41 Å². The van der Waals surface area contributed by atoms with E-state index in [1.165, 1.54) is 29.5 Å². The first kappa shape index (κ1) is 9.69. The lowest BCUT2D eigenvalue weighted by atomic mass is 9.94. The van der Waals surface area contributed by atoms with Gasteiger partial charge in [0.1, 0.15) is 0 Å². The van der Waals surface area contributed by atoms with Crippen LogP contribution in [0.25, 0.3) is 0 Å². The minimum absolute atomic E-state index is 0.229. The minimum Gasteiger partial charge on any atom is -0.304 e.